The summed E-state index contributed by atoms with van der Waals surface area (Å²) in [4.78, 5) is 4.74. The lowest BCUT2D eigenvalue weighted by molar-refractivity contribution is 0.390. The molecule has 0 aliphatic rings. The van der Waals surface area contributed by atoms with Crippen molar-refractivity contribution in [1.29, 1.82) is 0 Å². The Morgan fingerprint density at radius 3 is 2.70 bits per heavy atom. The Balaban J connectivity index is 2.31. The molecule has 2 aromatic rings. The number of aryl methyl sites for hydroxylation is 1. The zero-order valence-electron chi connectivity index (χ0n) is 13.0. The summed E-state index contributed by atoms with van der Waals surface area (Å²) >= 11 is 0. The topological polar surface area (TPSA) is 43.8 Å². The lowest BCUT2D eigenvalue weighted by Crippen LogP contribution is -2.12. The summed E-state index contributed by atoms with van der Waals surface area (Å²) in [6, 6.07) is 6.08. The monoisotopic (exact) mass is 273 g/mol. The number of benzene rings is 1. The highest BCUT2D eigenvalue weighted by Gasteiger charge is 2.14. The van der Waals surface area contributed by atoms with E-state index in [1.165, 1.54) is 37.0 Å². The number of anilines is 1. The molecule has 20 heavy (non-hydrogen) atoms. The third kappa shape index (κ3) is 3.14. The molecule has 0 spiro atoms. The van der Waals surface area contributed by atoms with Crippen LogP contribution in [0.4, 0.5) is 5.69 Å². The molecule has 3 heteroatoms. The van der Waals surface area contributed by atoms with Gasteiger partial charge in [-0.05, 0) is 30.5 Å². The fourth-order valence-corrected chi connectivity index (χ4v) is 2.85. The van der Waals surface area contributed by atoms with Gasteiger partial charge in [0.05, 0.1) is 11.0 Å². The number of aromatic nitrogens is 2. The quantitative estimate of drug-likeness (QED) is 0.760. The molecule has 2 N–H and O–H groups in total. The standard InChI is InChI=1S/C17H27N3/c1-4-7-8-13(5-2)12-20-16-10-9-14(18)11-15(16)19-17(20)6-3/h9-11,13H,4-8,12,18H2,1-3H3. The molecular weight excluding hydrogens is 246 g/mol. The van der Waals surface area contributed by atoms with Crippen LogP contribution in [0.1, 0.15) is 52.3 Å². The van der Waals surface area contributed by atoms with Gasteiger partial charge in [-0.15, -0.1) is 0 Å². The van der Waals surface area contributed by atoms with E-state index in [9.17, 15) is 0 Å². The number of imidazole rings is 1. The molecule has 0 aliphatic heterocycles. The molecule has 1 aromatic carbocycles. The highest BCUT2D eigenvalue weighted by molar-refractivity contribution is 5.79. The number of unbranched alkanes of at least 4 members (excludes halogenated alkanes) is 1. The van der Waals surface area contributed by atoms with Gasteiger partial charge in [0.1, 0.15) is 5.82 Å². The number of nitrogen functional groups attached to an aromatic ring is 1. The molecule has 0 radical (unpaired) electrons. The van der Waals surface area contributed by atoms with E-state index in [0.717, 1.165) is 30.1 Å². The average molecular weight is 273 g/mol. The zero-order chi connectivity index (χ0) is 14.5. The van der Waals surface area contributed by atoms with Crippen LogP contribution in [0, 0.1) is 5.92 Å². The highest BCUT2D eigenvalue weighted by Crippen LogP contribution is 2.23. The van der Waals surface area contributed by atoms with Crippen molar-refractivity contribution in [2.24, 2.45) is 5.92 Å². The maximum absolute atomic E-state index is 5.87. The van der Waals surface area contributed by atoms with Crippen LogP contribution in [0.3, 0.4) is 0 Å². The second-order valence-electron chi connectivity index (χ2n) is 5.66. The second-order valence-corrected chi connectivity index (χ2v) is 5.66. The molecule has 1 unspecified atom stereocenters. The molecule has 0 amide bonds. The first-order valence-electron chi connectivity index (χ1n) is 7.94. The minimum atomic E-state index is 0.746. The maximum atomic E-state index is 5.87. The van der Waals surface area contributed by atoms with Crippen molar-refractivity contribution >= 4 is 16.7 Å². The van der Waals surface area contributed by atoms with E-state index in [2.05, 4.69) is 31.4 Å². The first-order chi connectivity index (χ1) is 9.69. The van der Waals surface area contributed by atoms with E-state index < -0.39 is 0 Å². The van der Waals surface area contributed by atoms with Gasteiger partial charge in [0.2, 0.25) is 0 Å². The lowest BCUT2D eigenvalue weighted by atomic mass is 9.99. The Labute approximate surface area is 122 Å². The SMILES string of the molecule is CCCCC(CC)Cn1c(CC)nc2cc(N)ccc21. The lowest BCUT2D eigenvalue weighted by Gasteiger charge is -2.17. The molecular formula is C17H27N3. The third-order valence-corrected chi connectivity index (χ3v) is 4.15. The van der Waals surface area contributed by atoms with Gasteiger partial charge in [-0.25, -0.2) is 4.98 Å². The van der Waals surface area contributed by atoms with Crippen LogP contribution in [0.15, 0.2) is 18.2 Å². The summed E-state index contributed by atoms with van der Waals surface area (Å²) in [5.41, 5.74) is 8.93. The summed E-state index contributed by atoms with van der Waals surface area (Å²) in [7, 11) is 0. The summed E-state index contributed by atoms with van der Waals surface area (Å²) in [6.45, 7) is 7.82. The molecule has 2 rings (SSSR count). The average Bonchev–Trinajstić information content (AvgIpc) is 2.80. The van der Waals surface area contributed by atoms with Gasteiger partial charge in [0.15, 0.2) is 0 Å². The van der Waals surface area contributed by atoms with Crippen LogP contribution in [0.25, 0.3) is 11.0 Å². The van der Waals surface area contributed by atoms with Gasteiger partial charge < -0.3 is 10.3 Å². The Morgan fingerprint density at radius 2 is 2.05 bits per heavy atom. The molecule has 1 aromatic heterocycles. The Morgan fingerprint density at radius 1 is 1.25 bits per heavy atom. The van der Waals surface area contributed by atoms with Crippen molar-refractivity contribution < 1.29 is 0 Å². The first-order valence-corrected chi connectivity index (χ1v) is 7.94. The Hall–Kier alpha value is -1.51. The summed E-state index contributed by atoms with van der Waals surface area (Å²) in [5, 5.41) is 0. The van der Waals surface area contributed by atoms with Gasteiger partial charge in [0, 0.05) is 18.7 Å². The van der Waals surface area contributed by atoms with Crippen molar-refractivity contribution in [3.8, 4) is 0 Å². The summed E-state index contributed by atoms with van der Waals surface area (Å²) < 4.78 is 2.40. The largest absolute Gasteiger partial charge is 0.399 e. The van der Waals surface area contributed by atoms with Crippen molar-refractivity contribution in [3.05, 3.63) is 24.0 Å². The Bertz CT molecular complexity index is 557. The van der Waals surface area contributed by atoms with Crippen molar-refractivity contribution in [3.63, 3.8) is 0 Å². The molecule has 0 bridgehead atoms. The van der Waals surface area contributed by atoms with E-state index in [1.807, 2.05) is 12.1 Å². The van der Waals surface area contributed by atoms with Crippen molar-refractivity contribution in [2.75, 3.05) is 5.73 Å². The van der Waals surface area contributed by atoms with Crippen LogP contribution in [-0.4, -0.2) is 9.55 Å². The van der Waals surface area contributed by atoms with E-state index in [4.69, 9.17) is 10.7 Å². The number of nitrogens with two attached hydrogens (primary N) is 1. The molecule has 1 atom stereocenters. The van der Waals surface area contributed by atoms with E-state index >= 15 is 0 Å². The molecule has 3 nitrogen and oxygen atoms in total. The minimum Gasteiger partial charge on any atom is -0.399 e. The fraction of sp³-hybridized carbons (Fsp3) is 0.588. The number of fused-ring (bicyclic) bond motifs is 1. The zero-order valence-corrected chi connectivity index (χ0v) is 13.0. The fourth-order valence-electron chi connectivity index (χ4n) is 2.85. The normalized spacial score (nSPS) is 12.9. The number of nitrogens with zero attached hydrogens (tertiary/aromatic N) is 2. The Kier molecular flexibility index (Phi) is 5.05. The maximum Gasteiger partial charge on any atom is 0.109 e. The summed E-state index contributed by atoms with van der Waals surface area (Å²) in [6.07, 6.45) is 6.11. The molecule has 110 valence electrons. The van der Waals surface area contributed by atoms with E-state index in [0.29, 0.717) is 0 Å². The van der Waals surface area contributed by atoms with Crippen molar-refractivity contribution in [1.82, 2.24) is 9.55 Å². The molecule has 0 fully saturated rings. The molecule has 0 saturated carbocycles. The minimum absolute atomic E-state index is 0.746. The van der Waals surface area contributed by atoms with E-state index in [1.54, 1.807) is 0 Å². The van der Waals surface area contributed by atoms with Crippen LogP contribution < -0.4 is 5.73 Å². The van der Waals surface area contributed by atoms with Crippen LogP contribution in [-0.2, 0) is 13.0 Å². The number of rotatable bonds is 7. The molecule has 0 aliphatic carbocycles. The highest BCUT2D eigenvalue weighted by atomic mass is 15.1. The van der Waals surface area contributed by atoms with Crippen LogP contribution in [0.5, 0.6) is 0 Å². The molecule has 0 saturated heterocycles. The van der Waals surface area contributed by atoms with E-state index in [-0.39, 0.29) is 0 Å². The van der Waals surface area contributed by atoms with Gasteiger partial charge in [-0.2, -0.15) is 0 Å². The van der Waals surface area contributed by atoms with Gasteiger partial charge in [0.25, 0.3) is 0 Å². The van der Waals surface area contributed by atoms with Crippen LogP contribution in [0.2, 0.25) is 0 Å². The first kappa shape index (κ1) is 14.9. The predicted molar refractivity (Wildman–Crippen MR) is 86.8 cm³/mol. The van der Waals surface area contributed by atoms with Gasteiger partial charge in [-0.1, -0.05) is 40.0 Å². The summed E-state index contributed by atoms with van der Waals surface area (Å²) in [5.74, 6) is 1.93. The number of hydrogen-bond donors (Lipinski definition) is 1. The predicted octanol–water partition coefficient (Wildman–Crippen LogP) is 4.40. The second kappa shape index (κ2) is 6.78. The van der Waals surface area contributed by atoms with Gasteiger partial charge >= 0.3 is 0 Å². The third-order valence-electron chi connectivity index (χ3n) is 4.15. The van der Waals surface area contributed by atoms with Crippen molar-refractivity contribution in [2.45, 2.75) is 59.4 Å². The van der Waals surface area contributed by atoms with Gasteiger partial charge in [-0.3, -0.25) is 0 Å². The van der Waals surface area contributed by atoms with Crippen LogP contribution >= 0.6 is 0 Å². The smallest absolute Gasteiger partial charge is 0.109 e. The number of hydrogen-bond acceptors (Lipinski definition) is 2. The molecule has 1 heterocycles.